The molecule has 0 radical (unpaired) electrons. The highest BCUT2D eigenvalue weighted by Crippen LogP contribution is 2.78. The summed E-state index contributed by atoms with van der Waals surface area (Å²) < 4.78 is 11.2. The summed E-state index contributed by atoms with van der Waals surface area (Å²) in [6.07, 6.45) is 1.89. The first-order chi connectivity index (χ1) is 12.7. The maximum atomic E-state index is 13.0. The predicted molar refractivity (Wildman–Crippen MR) is 90.1 cm³/mol. The molecule has 5 fully saturated rings. The van der Waals surface area contributed by atoms with Crippen LogP contribution in [0, 0.1) is 34.0 Å². The second kappa shape index (κ2) is 4.92. The van der Waals surface area contributed by atoms with Crippen LogP contribution in [0.25, 0.3) is 0 Å². The minimum atomic E-state index is -1.17. The second-order valence-corrected chi connectivity index (χ2v) is 9.70. The van der Waals surface area contributed by atoms with Gasteiger partial charge in [-0.25, -0.2) is 0 Å². The number of methoxy groups -OCH3 is 1. The third-order valence-corrected chi connectivity index (χ3v) is 9.05. The third kappa shape index (κ3) is 1.63. The van der Waals surface area contributed by atoms with E-state index in [0.29, 0.717) is 32.1 Å². The summed E-state index contributed by atoms with van der Waals surface area (Å²) in [5.41, 5.74) is -3.45. The molecular weight excluding hydrogens is 352 g/mol. The van der Waals surface area contributed by atoms with Crippen molar-refractivity contribution in [2.75, 3.05) is 13.7 Å². The standard InChI is InChI=1S/C20H26O7/c1-17-11(22)4-6-20(27-16(17)25)10-3-5-18(9-21)8-19(10,7-12(18)23)13(14(17)20)15(24)26-2/h10-11,13-14,21-22H,3-9H2,1-2H3/t10-,11+,13-,14-,17-,18-,19+,20-/m1/s1. The Morgan fingerprint density at radius 2 is 2.04 bits per heavy atom. The molecule has 148 valence electrons. The fourth-order valence-corrected chi connectivity index (χ4v) is 7.96. The Morgan fingerprint density at radius 3 is 2.70 bits per heavy atom. The largest absolute Gasteiger partial charge is 0.469 e. The molecule has 5 aliphatic rings. The zero-order valence-electron chi connectivity index (χ0n) is 15.7. The van der Waals surface area contributed by atoms with Crippen LogP contribution in [-0.4, -0.2) is 53.4 Å². The molecule has 4 saturated carbocycles. The van der Waals surface area contributed by atoms with E-state index in [-0.39, 0.29) is 24.7 Å². The quantitative estimate of drug-likeness (QED) is 0.677. The van der Waals surface area contributed by atoms with Crippen LogP contribution >= 0.6 is 0 Å². The number of ether oxygens (including phenoxy) is 2. The van der Waals surface area contributed by atoms with Crippen LogP contribution in [0.1, 0.15) is 45.4 Å². The van der Waals surface area contributed by atoms with Crippen LogP contribution in [0.2, 0.25) is 0 Å². The molecule has 0 aromatic heterocycles. The molecule has 7 nitrogen and oxygen atoms in total. The number of Topliss-reactive ketones (excluding diaryl/α,β-unsaturated/α-hetero) is 1. The molecule has 1 heterocycles. The van der Waals surface area contributed by atoms with E-state index < -0.39 is 51.7 Å². The lowest BCUT2D eigenvalue weighted by molar-refractivity contribution is -0.164. The van der Waals surface area contributed by atoms with Crippen LogP contribution in [-0.2, 0) is 23.9 Å². The van der Waals surface area contributed by atoms with Crippen molar-refractivity contribution in [3.8, 4) is 0 Å². The predicted octanol–water partition coefficient (Wildman–Crippen LogP) is 0.600. The van der Waals surface area contributed by atoms with Gasteiger partial charge in [-0.3, -0.25) is 14.4 Å². The molecule has 2 N–H and O–H groups in total. The number of fused-ring (bicyclic) bond motifs is 1. The number of hydrogen-bond acceptors (Lipinski definition) is 7. The van der Waals surface area contributed by atoms with Gasteiger partial charge in [-0.1, -0.05) is 0 Å². The minimum absolute atomic E-state index is 0.00403. The van der Waals surface area contributed by atoms with E-state index in [0.717, 1.165) is 0 Å². The Morgan fingerprint density at radius 1 is 1.30 bits per heavy atom. The monoisotopic (exact) mass is 378 g/mol. The van der Waals surface area contributed by atoms with Gasteiger partial charge in [0.25, 0.3) is 0 Å². The number of carbonyl (C=O) groups is 3. The van der Waals surface area contributed by atoms with E-state index in [1.54, 1.807) is 6.92 Å². The molecule has 1 aliphatic heterocycles. The zero-order valence-corrected chi connectivity index (χ0v) is 15.7. The fourth-order valence-electron chi connectivity index (χ4n) is 7.96. The lowest BCUT2D eigenvalue weighted by Gasteiger charge is -2.46. The van der Waals surface area contributed by atoms with Crippen molar-refractivity contribution in [3.63, 3.8) is 0 Å². The number of aliphatic hydroxyl groups excluding tert-OH is 2. The molecule has 0 amide bonds. The Labute approximate surface area is 157 Å². The van der Waals surface area contributed by atoms with Gasteiger partial charge in [-0.05, 0) is 44.4 Å². The number of esters is 2. The number of ketones is 1. The topological polar surface area (TPSA) is 110 Å². The highest BCUT2D eigenvalue weighted by molar-refractivity contribution is 5.92. The Bertz CT molecular complexity index is 763. The summed E-state index contributed by atoms with van der Waals surface area (Å²) in [5, 5.41) is 20.7. The molecule has 4 bridgehead atoms. The van der Waals surface area contributed by atoms with Gasteiger partial charge < -0.3 is 19.7 Å². The normalized spacial score (nSPS) is 55.1. The van der Waals surface area contributed by atoms with Crippen molar-refractivity contribution in [2.45, 2.75) is 57.2 Å². The van der Waals surface area contributed by atoms with Crippen LogP contribution in [0.4, 0.5) is 0 Å². The van der Waals surface area contributed by atoms with E-state index in [1.165, 1.54) is 7.11 Å². The Balaban J connectivity index is 1.74. The summed E-state index contributed by atoms with van der Waals surface area (Å²) in [6.45, 7) is 1.48. The van der Waals surface area contributed by atoms with Crippen molar-refractivity contribution in [3.05, 3.63) is 0 Å². The Hall–Kier alpha value is -1.47. The van der Waals surface area contributed by atoms with Gasteiger partial charge in [0.1, 0.15) is 11.4 Å². The molecule has 4 aliphatic carbocycles. The van der Waals surface area contributed by atoms with Gasteiger partial charge in [0.15, 0.2) is 0 Å². The number of aliphatic hydroxyl groups is 2. The Kier molecular flexibility index (Phi) is 3.21. The first kappa shape index (κ1) is 17.6. The third-order valence-electron chi connectivity index (χ3n) is 9.05. The molecule has 8 atom stereocenters. The van der Waals surface area contributed by atoms with Gasteiger partial charge in [0.05, 0.1) is 36.6 Å². The average Bonchev–Trinajstić information content (AvgIpc) is 3.09. The van der Waals surface area contributed by atoms with E-state index in [1.807, 2.05) is 0 Å². The molecule has 5 rings (SSSR count). The number of carbonyl (C=O) groups excluding carboxylic acids is 3. The van der Waals surface area contributed by atoms with Gasteiger partial charge in [-0.15, -0.1) is 0 Å². The van der Waals surface area contributed by atoms with Gasteiger partial charge >= 0.3 is 11.9 Å². The van der Waals surface area contributed by atoms with Gasteiger partial charge in [0, 0.05) is 18.3 Å². The molecule has 0 aromatic rings. The highest BCUT2D eigenvalue weighted by atomic mass is 16.6. The fraction of sp³-hybridized carbons (Fsp3) is 0.850. The van der Waals surface area contributed by atoms with E-state index in [2.05, 4.69) is 0 Å². The van der Waals surface area contributed by atoms with Crippen LogP contribution in [0.15, 0.2) is 0 Å². The SMILES string of the molecule is COC(=O)[C@H]1[C@H]2[C@@]3(CC[C@H](O)[C@@]2(C)C(=O)O3)[C@@H]2CC[C@]3(CO)C[C@@]21CC3=O. The summed E-state index contributed by atoms with van der Waals surface area (Å²) in [4.78, 5) is 38.9. The highest BCUT2D eigenvalue weighted by Gasteiger charge is 2.84. The van der Waals surface area contributed by atoms with Gasteiger partial charge in [0.2, 0.25) is 0 Å². The molecule has 0 unspecified atom stereocenters. The number of rotatable bonds is 2. The van der Waals surface area contributed by atoms with Crippen molar-refractivity contribution >= 4 is 17.7 Å². The average molecular weight is 378 g/mol. The van der Waals surface area contributed by atoms with Crippen LogP contribution in [0.5, 0.6) is 0 Å². The van der Waals surface area contributed by atoms with Crippen molar-refractivity contribution in [2.24, 2.45) is 34.0 Å². The second-order valence-electron chi connectivity index (χ2n) is 9.70. The van der Waals surface area contributed by atoms with Gasteiger partial charge in [-0.2, -0.15) is 0 Å². The van der Waals surface area contributed by atoms with E-state index >= 15 is 0 Å². The smallest absolute Gasteiger partial charge is 0.315 e. The zero-order chi connectivity index (χ0) is 19.4. The van der Waals surface area contributed by atoms with E-state index in [4.69, 9.17) is 9.47 Å². The summed E-state index contributed by atoms with van der Waals surface area (Å²) in [7, 11) is 1.32. The lowest BCUT2D eigenvalue weighted by atomic mass is 9.59. The van der Waals surface area contributed by atoms with Crippen molar-refractivity contribution in [1.82, 2.24) is 0 Å². The summed E-state index contributed by atoms with van der Waals surface area (Å²) in [5.74, 6) is -2.18. The molecular formula is C20H26O7. The minimum Gasteiger partial charge on any atom is -0.469 e. The molecule has 1 saturated heterocycles. The molecule has 0 aromatic carbocycles. The molecule has 1 spiro atoms. The van der Waals surface area contributed by atoms with Crippen LogP contribution < -0.4 is 0 Å². The van der Waals surface area contributed by atoms with E-state index in [9.17, 15) is 24.6 Å². The van der Waals surface area contributed by atoms with Crippen LogP contribution in [0.3, 0.4) is 0 Å². The maximum absolute atomic E-state index is 13.0. The number of hydrogen-bond donors (Lipinski definition) is 2. The first-order valence-corrected chi connectivity index (χ1v) is 9.85. The van der Waals surface area contributed by atoms with Crippen molar-refractivity contribution in [1.29, 1.82) is 0 Å². The first-order valence-electron chi connectivity index (χ1n) is 9.85. The molecule has 7 heteroatoms. The molecule has 27 heavy (non-hydrogen) atoms. The maximum Gasteiger partial charge on any atom is 0.315 e. The lowest BCUT2D eigenvalue weighted by Crippen LogP contribution is -2.53. The summed E-state index contributed by atoms with van der Waals surface area (Å²) in [6, 6.07) is 0. The van der Waals surface area contributed by atoms with Crippen molar-refractivity contribution < 1.29 is 34.1 Å². The summed E-state index contributed by atoms with van der Waals surface area (Å²) >= 11 is 0.